The molecule has 0 spiro atoms. The Hall–Kier alpha value is -5.38. The van der Waals surface area contributed by atoms with E-state index >= 15 is 0 Å². The van der Waals surface area contributed by atoms with Gasteiger partial charge in [-0.25, -0.2) is 4.98 Å². The second-order valence-electron chi connectivity index (χ2n) is 19.5. The van der Waals surface area contributed by atoms with E-state index in [4.69, 9.17) is 19.4 Å². The Morgan fingerprint density at radius 3 is 2.18 bits per heavy atom. The molecule has 6 rings (SSSR count). The van der Waals surface area contributed by atoms with Crippen LogP contribution in [0.1, 0.15) is 199 Å². The molecule has 0 amide bonds. The minimum Gasteiger partial charge on any atom is -0.468 e. The van der Waals surface area contributed by atoms with Crippen LogP contribution in [0.5, 0.6) is 0 Å². The summed E-state index contributed by atoms with van der Waals surface area (Å²) in [5, 5.41) is 0. The van der Waals surface area contributed by atoms with Gasteiger partial charge in [0.2, 0.25) is 0 Å². The number of rotatable bonds is 21. The topological polar surface area (TPSA) is 144 Å². The number of carbonyl (C=O) groups is 4. The van der Waals surface area contributed by atoms with Gasteiger partial charge in [-0.3, -0.25) is 24.2 Å². The van der Waals surface area contributed by atoms with E-state index in [2.05, 4.69) is 58.1 Å². The zero-order valence-corrected chi connectivity index (χ0v) is 40.7. The highest BCUT2D eigenvalue weighted by Crippen LogP contribution is 2.50. The molecule has 3 aromatic rings. The number of esters is 2. The van der Waals surface area contributed by atoms with Gasteiger partial charge in [-0.2, -0.15) is 0 Å². The van der Waals surface area contributed by atoms with E-state index in [1.807, 2.05) is 45.0 Å². The number of ether oxygens (including phenoxy) is 2. The molecule has 5 unspecified atom stereocenters. The summed E-state index contributed by atoms with van der Waals surface area (Å²) in [6.07, 6.45) is 17.0. The van der Waals surface area contributed by atoms with Gasteiger partial charge in [0.15, 0.2) is 12.1 Å². The van der Waals surface area contributed by atoms with E-state index in [1.165, 1.54) is 57.6 Å². The zero-order valence-electron chi connectivity index (χ0n) is 40.7. The van der Waals surface area contributed by atoms with Gasteiger partial charge in [0.25, 0.3) is 0 Å². The molecule has 3 aromatic heterocycles. The van der Waals surface area contributed by atoms with Gasteiger partial charge in [-0.1, -0.05) is 105 Å². The van der Waals surface area contributed by atoms with Crippen LogP contribution < -0.4 is 0 Å². The number of aryl methyl sites for hydroxylation is 2. The van der Waals surface area contributed by atoms with Gasteiger partial charge in [-0.05, 0) is 105 Å². The molecule has 10 nitrogen and oxygen atoms in total. The van der Waals surface area contributed by atoms with Crippen molar-refractivity contribution in [1.29, 1.82) is 0 Å². The van der Waals surface area contributed by atoms with E-state index in [0.29, 0.717) is 69.1 Å². The van der Waals surface area contributed by atoms with Gasteiger partial charge in [0.05, 0.1) is 29.7 Å². The van der Waals surface area contributed by atoms with Gasteiger partial charge in [0.1, 0.15) is 12.5 Å². The molecule has 348 valence electrons. The number of Topliss-reactive ketones (excluding diaryl/α,β-unsaturated/α-hetero) is 1. The lowest BCUT2D eigenvalue weighted by molar-refractivity contribution is -0.145. The number of aldehydes is 1. The number of methoxy groups -OCH3 is 1. The number of carbonyl (C=O) groups excluding carboxylic acids is 4. The Labute approximate surface area is 386 Å². The van der Waals surface area contributed by atoms with Crippen molar-refractivity contribution in [1.82, 2.24) is 19.9 Å². The van der Waals surface area contributed by atoms with Crippen LogP contribution in [-0.2, 0) is 30.3 Å². The molecule has 65 heavy (non-hydrogen) atoms. The quantitative estimate of drug-likeness (QED) is 0.0466. The molecule has 0 fully saturated rings. The monoisotopic (exact) mass is 885 g/mol. The lowest BCUT2D eigenvalue weighted by Crippen LogP contribution is -2.21. The summed E-state index contributed by atoms with van der Waals surface area (Å²) in [6.45, 7) is 23.7. The Morgan fingerprint density at radius 2 is 1.54 bits per heavy atom. The van der Waals surface area contributed by atoms with Crippen molar-refractivity contribution in [2.75, 3.05) is 13.7 Å². The highest BCUT2D eigenvalue weighted by atomic mass is 16.5. The molecule has 5 heterocycles. The predicted octanol–water partition coefficient (Wildman–Crippen LogP) is 13.0. The highest BCUT2D eigenvalue weighted by molar-refractivity contribution is 6.38. The minimum atomic E-state index is -1.25. The van der Waals surface area contributed by atoms with Crippen molar-refractivity contribution >= 4 is 63.3 Å². The first-order valence-electron chi connectivity index (χ1n) is 24.1. The number of nitrogens with one attached hydrogen (secondary N) is 2. The van der Waals surface area contributed by atoms with Crippen LogP contribution in [-0.4, -0.2) is 57.7 Å². The highest BCUT2D eigenvalue weighted by Gasteiger charge is 2.48. The van der Waals surface area contributed by atoms with Crippen molar-refractivity contribution in [3.05, 3.63) is 87.0 Å². The fourth-order valence-corrected chi connectivity index (χ4v) is 10.2. The number of aromatic amines is 2. The van der Waals surface area contributed by atoms with E-state index in [1.54, 1.807) is 6.08 Å². The second kappa shape index (κ2) is 21.7. The van der Waals surface area contributed by atoms with Crippen LogP contribution >= 0.6 is 0 Å². The van der Waals surface area contributed by atoms with Gasteiger partial charge in [-0.15, -0.1) is 0 Å². The molecule has 1 aliphatic carbocycles. The first-order valence-corrected chi connectivity index (χ1v) is 24.1. The summed E-state index contributed by atoms with van der Waals surface area (Å²) in [5.74, 6) is -0.876. The van der Waals surface area contributed by atoms with E-state index in [9.17, 15) is 19.2 Å². The number of nitrogens with zero attached hydrogens (tertiary/aromatic N) is 2. The Morgan fingerprint density at radius 1 is 0.877 bits per heavy atom. The second-order valence-corrected chi connectivity index (χ2v) is 19.5. The third kappa shape index (κ3) is 10.8. The molecule has 5 atom stereocenters. The van der Waals surface area contributed by atoms with Gasteiger partial charge < -0.3 is 19.4 Å². The molecule has 0 aromatic carbocycles. The lowest BCUT2D eigenvalue weighted by Gasteiger charge is -2.18. The smallest absolute Gasteiger partial charge is 0.321 e. The normalized spacial score (nSPS) is 18.0. The number of allylic oxidation sites excluding steroid dienone is 3. The van der Waals surface area contributed by atoms with Gasteiger partial charge >= 0.3 is 11.9 Å². The lowest BCUT2D eigenvalue weighted by atomic mass is 9.84. The molecule has 0 saturated heterocycles. The maximum absolute atomic E-state index is 14.4. The zero-order chi connectivity index (χ0) is 47.1. The van der Waals surface area contributed by atoms with Crippen molar-refractivity contribution in [2.24, 2.45) is 17.8 Å². The number of fused-ring (bicyclic) bond motifs is 8. The summed E-state index contributed by atoms with van der Waals surface area (Å²) in [4.78, 5) is 71.3. The molecule has 10 heteroatoms. The standard InChI is InChI=1S/C55H72N4O6/c1-12-38-35(8)42-27-43-36(9)40(23-24-48(61)65-26-25-34(7)22-16-21-33(6)20-15-19-32(5)18-14-17-31(3)4)52(58-43)50-51(55(63)64-11)54(62)49-37(10)44(59-53(49)50)28-46-39(13-2)41(30-60)47(57-46)29-45(38)56-42/h12,25,27-33,36,40,51,56-57H,1,13-24,26H2,2-11H3/b34-25+,42-27?,43-27?,44-28?,45-29?,46-28?,47-29?,52-50?. The summed E-state index contributed by atoms with van der Waals surface area (Å²) in [7, 11) is 1.28. The molecular formula is C55H72N4O6. The van der Waals surface area contributed by atoms with E-state index < -0.39 is 17.7 Å². The molecule has 2 aliphatic heterocycles. The Kier molecular flexibility index (Phi) is 16.4. The number of hydrogen-bond donors (Lipinski definition) is 2. The molecule has 0 radical (unpaired) electrons. The Bertz CT molecular complexity index is 2530. The van der Waals surface area contributed by atoms with Crippen molar-refractivity contribution < 1.29 is 28.7 Å². The van der Waals surface area contributed by atoms with E-state index in [0.717, 1.165) is 64.4 Å². The fourth-order valence-electron chi connectivity index (χ4n) is 10.2. The van der Waals surface area contributed by atoms with Crippen LogP contribution in [0.4, 0.5) is 0 Å². The van der Waals surface area contributed by atoms with E-state index in [-0.39, 0.29) is 30.8 Å². The largest absolute Gasteiger partial charge is 0.468 e. The summed E-state index contributed by atoms with van der Waals surface area (Å²) >= 11 is 0. The van der Waals surface area contributed by atoms with Crippen LogP contribution in [0.2, 0.25) is 0 Å². The van der Waals surface area contributed by atoms with Crippen molar-refractivity contribution in [3.63, 3.8) is 0 Å². The first-order chi connectivity index (χ1) is 31.1. The maximum atomic E-state index is 14.4. The molecular weight excluding hydrogens is 813 g/mol. The van der Waals surface area contributed by atoms with Crippen molar-refractivity contribution in [2.45, 2.75) is 157 Å². The van der Waals surface area contributed by atoms with Crippen LogP contribution in [0.3, 0.4) is 0 Å². The SMILES string of the molecule is C=Cc1c(C)c2cc3nc(c4c5nc(cc6[nH]c(cc1[nH]2)c(C=O)c6CC)C(C)=C5C(=O)C4C(=O)OC)C(CCC(=O)OC/C=C(\C)CCCC(C)CCCC(C)CCCC(C)C)C3C. The first kappa shape index (κ1) is 49.1. The summed E-state index contributed by atoms with van der Waals surface area (Å²) in [5.41, 5.74) is 11.0. The molecule has 0 saturated carbocycles. The average molecular weight is 885 g/mol. The van der Waals surface area contributed by atoms with Crippen LogP contribution in [0.15, 0.2) is 36.4 Å². The minimum absolute atomic E-state index is 0.126. The number of ketones is 1. The number of aromatic nitrogens is 4. The summed E-state index contributed by atoms with van der Waals surface area (Å²) < 4.78 is 11.0. The number of hydrogen-bond acceptors (Lipinski definition) is 8. The Balaban J connectivity index is 1.25. The van der Waals surface area contributed by atoms with Gasteiger partial charge in [0, 0.05) is 62.8 Å². The third-order valence-electron chi connectivity index (χ3n) is 14.3. The average Bonchev–Trinajstić information content (AvgIpc) is 4.02. The maximum Gasteiger partial charge on any atom is 0.321 e. The molecule has 2 N–H and O–H groups in total. The fraction of sp³-hybridized carbons (Fsp3) is 0.527. The summed E-state index contributed by atoms with van der Waals surface area (Å²) in [6, 6.07) is 5.79. The molecule has 3 aliphatic rings. The van der Waals surface area contributed by atoms with Crippen molar-refractivity contribution in [3.8, 4) is 0 Å². The van der Waals surface area contributed by atoms with Crippen LogP contribution in [0, 0.1) is 24.7 Å². The molecule has 8 bridgehead atoms. The number of H-pyrrole nitrogens is 2. The van der Waals surface area contributed by atoms with Crippen LogP contribution in [0.25, 0.3) is 39.3 Å². The predicted molar refractivity (Wildman–Crippen MR) is 263 cm³/mol. The third-order valence-corrected chi connectivity index (χ3v) is 14.3.